The molecule has 0 unspecified atom stereocenters. The molecule has 4 rings (SSSR count). The highest BCUT2D eigenvalue weighted by Gasteiger charge is 2.19. The average molecular weight is 334 g/mol. The van der Waals surface area contributed by atoms with E-state index in [9.17, 15) is 0 Å². The van der Waals surface area contributed by atoms with Gasteiger partial charge in [0.15, 0.2) is 0 Å². The number of thiophene rings is 1. The molecular weight excluding hydrogens is 320 g/mol. The van der Waals surface area contributed by atoms with E-state index < -0.39 is 0 Å². The van der Waals surface area contributed by atoms with Crippen molar-refractivity contribution in [2.75, 3.05) is 6.26 Å². The second-order valence-corrected chi connectivity index (χ2v) is 6.90. The van der Waals surface area contributed by atoms with E-state index >= 15 is 0 Å². The highest BCUT2D eigenvalue weighted by atomic mass is 32.2. The highest BCUT2D eigenvalue weighted by molar-refractivity contribution is 7.98. The molecule has 0 fully saturated rings. The van der Waals surface area contributed by atoms with Gasteiger partial charge in [-0.25, -0.2) is 9.97 Å². The topological polar surface area (TPSA) is 25.8 Å². The van der Waals surface area contributed by atoms with Gasteiger partial charge in [-0.15, -0.1) is 23.1 Å². The maximum Gasteiger partial charge on any atom is 0.129 e. The van der Waals surface area contributed by atoms with E-state index in [0.717, 1.165) is 15.2 Å². The predicted molar refractivity (Wildman–Crippen MR) is 100 cm³/mol. The van der Waals surface area contributed by atoms with Crippen molar-refractivity contribution < 1.29 is 0 Å². The molecule has 0 saturated carbocycles. The number of benzene rings is 2. The smallest absolute Gasteiger partial charge is 0.129 e. The normalized spacial score (nSPS) is 11.0. The third kappa shape index (κ3) is 2.54. The van der Waals surface area contributed by atoms with E-state index in [0.29, 0.717) is 0 Å². The Hall–Kier alpha value is -2.17. The van der Waals surface area contributed by atoms with Crippen molar-refractivity contribution in [3.63, 3.8) is 0 Å². The Bertz CT molecular complexity index is 947. The van der Waals surface area contributed by atoms with Crippen molar-refractivity contribution in [3.8, 4) is 21.6 Å². The second-order valence-electron chi connectivity index (χ2n) is 5.10. The molecule has 0 spiro atoms. The minimum absolute atomic E-state index is 1.03. The van der Waals surface area contributed by atoms with E-state index in [2.05, 4.69) is 64.8 Å². The Morgan fingerprint density at radius 1 is 0.826 bits per heavy atom. The summed E-state index contributed by atoms with van der Waals surface area (Å²) in [6.07, 6.45) is 3.73. The number of hydrogen-bond acceptors (Lipinski definition) is 4. The van der Waals surface area contributed by atoms with Gasteiger partial charge in [-0.05, 0) is 17.4 Å². The van der Waals surface area contributed by atoms with E-state index in [1.807, 2.05) is 12.1 Å². The largest absolute Gasteiger partial charge is 0.229 e. The SMILES string of the molecule is CSc1ncnc2sc(-c3ccccc3)c(-c3ccccc3)c12. The van der Waals surface area contributed by atoms with Gasteiger partial charge in [0, 0.05) is 10.4 Å². The van der Waals surface area contributed by atoms with Gasteiger partial charge in [-0.2, -0.15) is 0 Å². The van der Waals surface area contributed by atoms with Gasteiger partial charge in [0.1, 0.15) is 16.2 Å². The Labute approximate surface area is 143 Å². The first-order valence-electron chi connectivity index (χ1n) is 7.31. The zero-order chi connectivity index (χ0) is 15.6. The Morgan fingerprint density at radius 2 is 1.48 bits per heavy atom. The zero-order valence-electron chi connectivity index (χ0n) is 12.6. The molecule has 23 heavy (non-hydrogen) atoms. The molecule has 2 aromatic carbocycles. The molecule has 0 radical (unpaired) electrons. The predicted octanol–water partition coefficient (Wildman–Crippen LogP) is 5.75. The van der Waals surface area contributed by atoms with Crippen LogP contribution in [0, 0.1) is 0 Å². The van der Waals surface area contributed by atoms with Crippen LogP contribution >= 0.6 is 23.1 Å². The van der Waals surface area contributed by atoms with Gasteiger partial charge in [-0.1, -0.05) is 60.7 Å². The van der Waals surface area contributed by atoms with Crippen LogP contribution in [0.1, 0.15) is 0 Å². The van der Waals surface area contributed by atoms with Crippen molar-refractivity contribution in [3.05, 3.63) is 67.0 Å². The highest BCUT2D eigenvalue weighted by Crippen LogP contribution is 2.46. The van der Waals surface area contributed by atoms with Crippen LogP contribution in [0.4, 0.5) is 0 Å². The molecule has 2 heterocycles. The van der Waals surface area contributed by atoms with Gasteiger partial charge in [0.05, 0.1) is 5.39 Å². The molecule has 0 aliphatic rings. The lowest BCUT2D eigenvalue weighted by Gasteiger charge is -2.06. The summed E-state index contributed by atoms with van der Waals surface area (Å²) >= 11 is 3.41. The molecule has 0 bridgehead atoms. The van der Waals surface area contributed by atoms with E-state index in [-0.39, 0.29) is 0 Å². The molecule has 0 aliphatic heterocycles. The van der Waals surface area contributed by atoms with Crippen molar-refractivity contribution in [1.82, 2.24) is 9.97 Å². The third-order valence-corrected chi connectivity index (χ3v) is 5.59. The third-order valence-electron chi connectivity index (χ3n) is 3.75. The molecule has 4 aromatic rings. The first-order chi connectivity index (χ1) is 11.4. The molecular formula is C19H14N2S2. The van der Waals surface area contributed by atoms with E-state index in [1.54, 1.807) is 29.4 Å². The number of thioether (sulfide) groups is 1. The zero-order valence-corrected chi connectivity index (χ0v) is 14.2. The van der Waals surface area contributed by atoms with Gasteiger partial charge in [0.25, 0.3) is 0 Å². The molecule has 0 saturated heterocycles. The summed E-state index contributed by atoms with van der Waals surface area (Å²) in [5, 5.41) is 2.20. The summed E-state index contributed by atoms with van der Waals surface area (Å²) in [6, 6.07) is 21.0. The van der Waals surface area contributed by atoms with Gasteiger partial charge >= 0.3 is 0 Å². The number of aromatic nitrogens is 2. The first kappa shape index (κ1) is 14.4. The fraction of sp³-hybridized carbons (Fsp3) is 0.0526. The monoisotopic (exact) mass is 334 g/mol. The average Bonchev–Trinajstić information content (AvgIpc) is 3.03. The van der Waals surface area contributed by atoms with Crippen molar-refractivity contribution in [2.24, 2.45) is 0 Å². The Kier molecular flexibility index (Phi) is 3.85. The molecule has 112 valence electrons. The lowest BCUT2D eigenvalue weighted by molar-refractivity contribution is 1.11. The maximum atomic E-state index is 4.52. The van der Waals surface area contributed by atoms with Crippen LogP contribution in [-0.2, 0) is 0 Å². The van der Waals surface area contributed by atoms with Crippen LogP contribution in [-0.4, -0.2) is 16.2 Å². The summed E-state index contributed by atoms with van der Waals surface area (Å²) in [5.74, 6) is 0. The summed E-state index contributed by atoms with van der Waals surface area (Å²) < 4.78 is 0. The molecule has 2 aromatic heterocycles. The fourth-order valence-corrected chi connectivity index (χ4v) is 4.52. The van der Waals surface area contributed by atoms with Crippen LogP contribution in [0.5, 0.6) is 0 Å². The first-order valence-corrected chi connectivity index (χ1v) is 9.35. The van der Waals surface area contributed by atoms with Gasteiger partial charge in [-0.3, -0.25) is 0 Å². The Balaban J connectivity index is 2.11. The molecule has 0 atom stereocenters. The minimum Gasteiger partial charge on any atom is -0.229 e. The fourth-order valence-electron chi connectivity index (χ4n) is 2.73. The van der Waals surface area contributed by atoms with Crippen LogP contribution < -0.4 is 0 Å². The van der Waals surface area contributed by atoms with Gasteiger partial charge < -0.3 is 0 Å². The van der Waals surface area contributed by atoms with Crippen LogP contribution in [0.3, 0.4) is 0 Å². The Morgan fingerprint density at radius 3 is 2.13 bits per heavy atom. The van der Waals surface area contributed by atoms with Crippen molar-refractivity contribution in [1.29, 1.82) is 0 Å². The van der Waals surface area contributed by atoms with Crippen LogP contribution in [0.25, 0.3) is 31.8 Å². The molecule has 0 aliphatic carbocycles. The quantitative estimate of drug-likeness (QED) is 0.352. The summed E-state index contributed by atoms with van der Waals surface area (Å²) in [5.41, 5.74) is 3.67. The second kappa shape index (κ2) is 6.14. The number of fused-ring (bicyclic) bond motifs is 1. The van der Waals surface area contributed by atoms with Crippen LogP contribution in [0.15, 0.2) is 72.0 Å². The lowest BCUT2D eigenvalue weighted by atomic mass is 10.0. The standard InChI is InChI=1S/C19H14N2S2/c1-22-18-16-15(13-8-4-2-5-9-13)17(14-10-6-3-7-11-14)23-19(16)21-12-20-18/h2-12H,1H3. The van der Waals surface area contributed by atoms with Crippen molar-refractivity contribution in [2.45, 2.75) is 5.03 Å². The number of hydrogen-bond donors (Lipinski definition) is 0. The summed E-state index contributed by atoms with van der Waals surface area (Å²) in [4.78, 5) is 11.3. The van der Waals surface area contributed by atoms with Crippen LogP contribution in [0.2, 0.25) is 0 Å². The van der Waals surface area contributed by atoms with E-state index in [1.165, 1.54) is 21.6 Å². The molecule has 0 amide bonds. The molecule has 4 heteroatoms. The summed E-state index contributed by atoms with van der Waals surface area (Å²) in [7, 11) is 0. The minimum atomic E-state index is 1.03. The number of rotatable bonds is 3. The van der Waals surface area contributed by atoms with E-state index in [4.69, 9.17) is 0 Å². The lowest BCUT2D eigenvalue weighted by Crippen LogP contribution is -1.85. The number of nitrogens with zero attached hydrogens (tertiary/aromatic N) is 2. The maximum absolute atomic E-state index is 4.52. The summed E-state index contributed by atoms with van der Waals surface area (Å²) in [6.45, 7) is 0. The molecule has 0 N–H and O–H groups in total. The van der Waals surface area contributed by atoms with Gasteiger partial charge in [0.2, 0.25) is 0 Å². The van der Waals surface area contributed by atoms with Crippen molar-refractivity contribution >= 4 is 33.3 Å². The molecule has 2 nitrogen and oxygen atoms in total.